The lowest BCUT2D eigenvalue weighted by molar-refractivity contribution is -0.120. The number of hydrogen-bond donors (Lipinski definition) is 2. The summed E-state index contributed by atoms with van der Waals surface area (Å²) in [7, 11) is -3.56. The van der Waals surface area contributed by atoms with Gasteiger partial charge in [0.05, 0.1) is 23.9 Å². The maximum absolute atomic E-state index is 12.4. The van der Waals surface area contributed by atoms with Crippen LogP contribution in [0.4, 0.5) is 0 Å². The molecule has 3 N–H and O–H groups in total. The zero-order valence-corrected chi connectivity index (χ0v) is 14.6. The first-order valence-electron chi connectivity index (χ1n) is 8.03. The fraction of sp³-hybridized carbons (Fsp3) is 0.562. The van der Waals surface area contributed by atoms with Crippen molar-refractivity contribution in [3.63, 3.8) is 0 Å². The third kappa shape index (κ3) is 5.38. The quantitative estimate of drug-likeness (QED) is 0.750. The Bertz CT molecular complexity index is 673. The second kappa shape index (κ2) is 8.34. The van der Waals surface area contributed by atoms with Crippen LogP contribution in [0.2, 0.25) is 0 Å². The Balaban J connectivity index is 1.95. The summed E-state index contributed by atoms with van der Waals surface area (Å²) in [6.07, 6.45) is 1.31. The highest BCUT2D eigenvalue weighted by molar-refractivity contribution is 7.91. The first-order valence-corrected chi connectivity index (χ1v) is 9.68. The monoisotopic (exact) mass is 356 g/mol. The molecule has 0 saturated heterocycles. The van der Waals surface area contributed by atoms with Gasteiger partial charge in [0.1, 0.15) is 0 Å². The van der Waals surface area contributed by atoms with E-state index in [4.69, 9.17) is 15.2 Å². The Morgan fingerprint density at radius 3 is 2.71 bits per heavy atom. The summed E-state index contributed by atoms with van der Waals surface area (Å²) in [6.45, 7) is 3.32. The van der Waals surface area contributed by atoms with E-state index in [1.807, 2.05) is 6.92 Å². The zero-order valence-electron chi connectivity index (χ0n) is 13.8. The average molecular weight is 356 g/mol. The predicted octanol–water partition coefficient (Wildman–Crippen LogP) is 0.865. The smallest absolute Gasteiger partial charge is 0.221 e. The number of rotatable bonds is 7. The van der Waals surface area contributed by atoms with E-state index in [9.17, 15) is 13.2 Å². The third-order valence-corrected chi connectivity index (χ3v) is 5.31. The van der Waals surface area contributed by atoms with Crippen LogP contribution in [-0.4, -0.2) is 45.9 Å². The summed E-state index contributed by atoms with van der Waals surface area (Å²) >= 11 is 0. The Morgan fingerprint density at radius 1 is 1.29 bits per heavy atom. The molecule has 0 radical (unpaired) electrons. The van der Waals surface area contributed by atoms with Gasteiger partial charge in [-0.2, -0.15) is 0 Å². The predicted molar refractivity (Wildman–Crippen MR) is 90.0 cm³/mol. The van der Waals surface area contributed by atoms with Crippen LogP contribution in [0.15, 0.2) is 23.1 Å². The number of sulfone groups is 1. The van der Waals surface area contributed by atoms with Crippen LogP contribution in [-0.2, 0) is 14.6 Å². The van der Waals surface area contributed by atoms with E-state index in [0.717, 1.165) is 6.42 Å². The molecule has 1 heterocycles. The largest absolute Gasteiger partial charge is 0.490 e. The van der Waals surface area contributed by atoms with Gasteiger partial charge >= 0.3 is 0 Å². The van der Waals surface area contributed by atoms with Crippen LogP contribution in [0.5, 0.6) is 11.5 Å². The van der Waals surface area contributed by atoms with Crippen molar-refractivity contribution in [1.29, 1.82) is 0 Å². The maximum Gasteiger partial charge on any atom is 0.221 e. The number of carbonyl (C=O) groups is 1. The number of carbonyl (C=O) groups excluding carboxylic acids is 1. The van der Waals surface area contributed by atoms with E-state index in [1.165, 1.54) is 12.1 Å². The first-order chi connectivity index (χ1) is 11.4. The van der Waals surface area contributed by atoms with Crippen LogP contribution < -0.4 is 20.5 Å². The summed E-state index contributed by atoms with van der Waals surface area (Å²) in [5.74, 6) is 0.417. The summed E-state index contributed by atoms with van der Waals surface area (Å²) in [5, 5.41) is 2.67. The van der Waals surface area contributed by atoms with Crippen molar-refractivity contribution >= 4 is 15.7 Å². The molecule has 8 heteroatoms. The summed E-state index contributed by atoms with van der Waals surface area (Å²) in [6, 6.07) is 4.53. The van der Waals surface area contributed by atoms with Crippen molar-refractivity contribution in [1.82, 2.24) is 5.32 Å². The Hall–Kier alpha value is -1.80. The summed E-state index contributed by atoms with van der Waals surface area (Å²) in [4.78, 5) is 11.9. The number of nitrogens with two attached hydrogens (primary N) is 1. The van der Waals surface area contributed by atoms with Crippen molar-refractivity contribution < 1.29 is 22.7 Å². The Morgan fingerprint density at radius 2 is 2.00 bits per heavy atom. The number of ether oxygens (including phenoxy) is 2. The normalized spacial score (nSPS) is 15.4. The third-order valence-electron chi connectivity index (χ3n) is 3.60. The molecular formula is C16H24N2O5S. The van der Waals surface area contributed by atoms with Gasteiger partial charge in [-0.15, -0.1) is 0 Å². The Kier molecular flexibility index (Phi) is 6.44. The van der Waals surface area contributed by atoms with Crippen LogP contribution >= 0.6 is 0 Å². The molecule has 2 rings (SSSR count). The van der Waals surface area contributed by atoms with Gasteiger partial charge in [0.2, 0.25) is 5.91 Å². The molecule has 7 nitrogen and oxygen atoms in total. The molecule has 0 fully saturated rings. The van der Waals surface area contributed by atoms with Gasteiger partial charge in [0.15, 0.2) is 21.3 Å². The molecule has 1 aromatic carbocycles. The molecule has 0 aliphatic carbocycles. The molecule has 1 amide bonds. The van der Waals surface area contributed by atoms with E-state index >= 15 is 0 Å². The topological polar surface area (TPSA) is 108 Å². The minimum atomic E-state index is -3.56. The second-order valence-electron chi connectivity index (χ2n) is 5.84. The summed E-state index contributed by atoms with van der Waals surface area (Å²) < 4.78 is 35.8. The SMILES string of the molecule is CC(N)CCNC(=O)CCS(=O)(=O)c1ccc2c(c1)OCCCO2. The van der Waals surface area contributed by atoms with Gasteiger partial charge < -0.3 is 20.5 Å². The number of fused-ring (bicyclic) bond motifs is 1. The lowest BCUT2D eigenvalue weighted by Crippen LogP contribution is -2.30. The van der Waals surface area contributed by atoms with Crippen LogP contribution in [0.25, 0.3) is 0 Å². The van der Waals surface area contributed by atoms with E-state index in [1.54, 1.807) is 6.07 Å². The van der Waals surface area contributed by atoms with Gasteiger partial charge in [-0.3, -0.25) is 4.79 Å². The highest BCUT2D eigenvalue weighted by atomic mass is 32.2. The highest BCUT2D eigenvalue weighted by Crippen LogP contribution is 2.32. The second-order valence-corrected chi connectivity index (χ2v) is 7.95. The number of nitrogens with one attached hydrogen (secondary N) is 1. The molecule has 1 aliphatic heterocycles. The molecule has 0 saturated carbocycles. The van der Waals surface area contributed by atoms with Gasteiger partial charge in [-0.25, -0.2) is 8.42 Å². The average Bonchev–Trinajstić information content (AvgIpc) is 2.77. The van der Waals surface area contributed by atoms with Crippen molar-refractivity contribution in [3.8, 4) is 11.5 Å². The van der Waals surface area contributed by atoms with Gasteiger partial charge in [0.25, 0.3) is 0 Å². The number of hydrogen-bond acceptors (Lipinski definition) is 6. The van der Waals surface area contributed by atoms with Gasteiger partial charge in [-0.05, 0) is 25.5 Å². The lowest BCUT2D eigenvalue weighted by Gasteiger charge is -2.10. The fourth-order valence-electron chi connectivity index (χ4n) is 2.21. The molecular weight excluding hydrogens is 332 g/mol. The van der Waals surface area contributed by atoms with Crippen molar-refractivity contribution in [3.05, 3.63) is 18.2 Å². The van der Waals surface area contributed by atoms with Crippen LogP contribution in [0.1, 0.15) is 26.2 Å². The molecule has 1 unspecified atom stereocenters. The number of amides is 1. The molecule has 0 aromatic heterocycles. The maximum atomic E-state index is 12.4. The Labute approximate surface area is 142 Å². The molecule has 1 atom stereocenters. The van der Waals surface area contributed by atoms with E-state index in [2.05, 4.69) is 5.32 Å². The van der Waals surface area contributed by atoms with E-state index in [0.29, 0.717) is 37.7 Å². The molecule has 0 bridgehead atoms. The van der Waals surface area contributed by atoms with Crippen molar-refractivity contribution in [2.45, 2.75) is 37.1 Å². The highest BCUT2D eigenvalue weighted by Gasteiger charge is 2.20. The number of benzene rings is 1. The molecule has 0 spiro atoms. The van der Waals surface area contributed by atoms with E-state index in [-0.39, 0.29) is 29.0 Å². The molecule has 1 aromatic rings. The standard InChI is InChI=1S/C16H24N2O5S/c1-12(17)5-7-18-16(19)6-10-24(20,21)13-3-4-14-15(11-13)23-9-2-8-22-14/h3-4,11-12H,2,5-10,17H2,1H3,(H,18,19). The van der Waals surface area contributed by atoms with Crippen molar-refractivity contribution in [2.24, 2.45) is 5.73 Å². The fourth-order valence-corrected chi connectivity index (χ4v) is 3.46. The van der Waals surface area contributed by atoms with Gasteiger partial charge in [-0.1, -0.05) is 0 Å². The van der Waals surface area contributed by atoms with Crippen molar-refractivity contribution in [2.75, 3.05) is 25.5 Å². The van der Waals surface area contributed by atoms with Crippen LogP contribution in [0.3, 0.4) is 0 Å². The minimum Gasteiger partial charge on any atom is -0.490 e. The van der Waals surface area contributed by atoms with Gasteiger partial charge in [0, 0.05) is 31.5 Å². The zero-order chi connectivity index (χ0) is 17.6. The molecule has 134 valence electrons. The van der Waals surface area contributed by atoms with Crippen LogP contribution in [0, 0.1) is 0 Å². The molecule has 1 aliphatic rings. The van der Waals surface area contributed by atoms with E-state index < -0.39 is 9.84 Å². The summed E-state index contributed by atoms with van der Waals surface area (Å²) in [5.41, 5.74) is 5.60. The first kappa shape index (κ1) is 18.5. The lowest BCUT2D eigenvalue weighted by atomic mass is 10.2. The minimum absolute atomic E-state index is 0.00386. The molecule has 24 heavy (non-hydrogen) atoms.